The van der Waals surface area contributed by atoms with Gasteiger partial charge in [0.2, 0.25) is 0 Å². The normalized spacial score (nSPS) is 28.0. The molecule has 2 N–H and O–H groups in total. The Morgan fingerprint density at radius 3 is 2.54 bits per heavy atom. The van der Waals surface area contributed by atoms with Crippen molar-refractivity contribution in [1.82, 2.24) is 4.90 Å². The van der Waals surface area contributed by atoms with Crippen molar-refractivity contribution in [2.24, 2.45) is 0 Å². The first-order chi connectivity index (χ1) is 12.3. The van der Waals surface area contributed by atoms with Crippen LogP contribution in [0.1, 0.15) is 36.5 Å². The fourth-order valence-electron chi connectivity index (χ4n) is 3.92. The summed E-state index contributed by atoms with van der Waals surface area (Å²) in [6.45, 7) is 2.79. The van der Waals surface area contributed by atoms with E-state index in [0.29, 0.717) is 49.4 Å². The van der Waals surface area contributed by atoms with Gasteiger partial charge in [0.25, 0.3) is 5.91 Å². The summed E-state index contributed by atoms with van der Waals surface area (Å²) in [4.78, 5) is 14.7. The molecule has 2 heterocycles. The molecular weight excluding hydrogens is 338 g/mol. The van der Waals surface area contributed by atoms with Crippen LogP contribution in [0.4, 0.5) is 0 Å². The van der Waals surface area contributed by atoms with Crippen LogP contribution in [0.2, 0.25) is 0 Å². The second kappa shape index (κ2) is 7.06. The van der Waals surface area contributed by atoms with Crippen molar-refractivity contribution in [3.05, 3.63) is 23.8 Å². The maximum atomic E-state index is 13.0. The van der Waals surface area contributed by atoms with E-state index in [-0.39, 0.29) is 12.5 Å². The smallest absolute Gasteiger partial charge is 0.257 e. The average Bonchev–Trinajstić information content (AvgIpc) is 2.64. The Bertz CT molecular complexity index is 666. The lowest BCUT2D eigenvalue weighted by atomic mass is 9.76. The van der Waals surface area contributed by atoms with Crippen molar-refractivity contribution < 1.29 is 29.2 Å². The predicted molar refractivity (Wildman–Crippen MR) is 94.6 cm³/mol. The van der Waals surface area contributed by atoms with Gasteiger partial charge in [0, 0.05) is 19.5 Å². The van der Waals surface area contributed by atoms with E-state index in [2.05, 4.69) is 0 Å². The van der Waals surface area contributed by atoms with Crippen molar-refractivity contribution in [3.63, 3.8) is 0 Å². The molecule has 144 valence electrons. The third kappa shape index (κ3) is 3.39. The zero-order chi connectivity index (χ0) is 18.9. The largest absolute Gasteiger partial charge is 0.493 e. The maximum absolute atomic E-state index is 13.0. The van der Waals surface area contributed by atoms with Crippen LogP contribution < -0.4 is 9.47 Å². The van der Waals surface area contributed by atoms with Crippen LogP contribution in [0.5, 0.6) is 11.5 Å². The van der Waals surface area contributed by atoms with Gasteiger partial charge in [0.1, 0.15) is 6.10 Å². The molecular formula is C19H27NO6. The second-order valence-electron chi connectivity index (χ2n) is 7.38. The average molecular weight is 365 g/mol. The number of carbonyl (C=O) groups is 1. The zero-order valence-electron chi connectivity index (χ0n) is 15.5. The van der Waals surface area contributed by atoms with E-state index in [1.807, 2.05) is 0 Å². The molecule has 0 unspecified atom stereocenters. The molecule has 0 aliphatic carbocycles. The Balaban J connectivity index is 1.72. The topological polar surface area (TPSA) is 88.5 Å². The van der Waals surface area contributed by atoms with Gasteiger partial charge in [0.05, 0.1) is 37.6 Å². The number of aliphatic hydroxyl groups is 2. The first-order valence-electron chi connectivity index (χ1n) is 8.86. The third-order valence-corrected chi connectivity index (χ3v) is 5.54. The van der Waals surface area contributed by atoms with E-state index >= 15 is 0 Å². The number of para-hydroxylation sites is 1. The number of hydrogen-bond acceptors (Lipinski definition) is 6. The minimum atomic E-state index is -1.17. The van der Waals surface area contributed by atoms with Crippen LogP contribution in [0.25, 0.3) is 0 Å². The third-order valence-electron chi connectivity index (χ3n) is 5.54. The summed E-state index contributed by atoms with van der Waals surface area (Å²) in [5, 5.41) is 20.3. The number of rotatable bonds is 3. The number of carbonyl (C=O) groups excluding carboxylic acids is 1. The van der Waals surface area contributed by atoms with E-state index in [9.17, 15) is 15.0 Å². The number of hydrogen-bond donors (Lipinski definition) is 2. The number of piperidine rings is 1. The molecule has 1 aromatic carbocycles. The lowest BCUT2D eigenvalue weighted by Crippen LogP contribution is -2.59. The number of aliphatic hydroxyl groups excluding tert-OH is 1. The molecule has 26 heavy (non-hydrogen) atoms. The molecule has 0 aromatic heterocycles. The van der Waals surface area contributed by atoms with Crippen LogP contribution in [-0.4, -0.2) is 72.2 Å². The molecule has 2 aliphatic heterocycles. The molecule has 0 saturated carbocycles. The molecule has 0 radical (unpaired) electrons. The predicted octanol–water partition coefficient (Wildman–Crippen LogP) is 1.21. The Morgan fingerprint density at radius 1 is 1.27 bits per heavy atom. The van der Waals surface area contributed by atoms with Crippen molar-refractivity contribution in [1.29, 1.82) is 0 Å². The number of likely N-dealkylation sites (tertiary alicyclic amines) is 1. The quantitative estimate of drug-likeness (QED) is 0.837. The van der Waals surface area contributed by atoms with Gasteiger partial charge in [-0.05, 0) is 31.9 Å². The fourth-order valence-corrected chi connectivity index (χ4v) is 3.92. The van der Waals surface area contributed by atoms with E-state index in [0.717, 1.165) is 0 Å². The van der Waals surface area contributed by atoms with E-state index < -0.39 is 17.3 Å². The fraction of sp³-hybridized carbons (Fsp3) is 0.632. The molecule has 7 heteroatoms. The number of benzene rings is 1. The first kappa shape index (κ1) is 18.9. The van der Waals surface area contributed by atoms with Gasteiger partial charge in [0.15, 0.2) is 11.5 Å². The van der Waals surface area contributed by atoms with Gasteiger partial charge >= 0.3 is 0 Å². The summed E-state index contributed by atoms with van der Waals surface area (Å²) in [5.74, 6) is 0.839. The highest BCUT2D eigenvalue weighted by Crippen LogP contribution is 2.40. The molecule has 7 nitrogen and oxygen atoms in total. The Labute approximate surface area is 153 Å². The molecule has 2 atom stereocenters. The van der Waals surface area contributed by atoms with E-state index in [1.54, 1.807) is 30.0 Å². The van der Waals surface area contributed by atoms with Crippen molar-refractivity contribution in [2.75, 3.05) is 33.9 Å². The summed E-state index contributed by atoms with van der Waals surface area (Å²) < 4.78 is 16.5. The first-order valence-corrected chi connectivity index (χ1v) is 8.86. The second-order valence-corrected chi connectivity index (χ2v) is 7.38. The van der Waals surface area contributed by atoms with Crippen LogP contribution in [-0.2, 0) is 4.74 Å². The van der Waals surface area contributed by atoms with E-state index in [4.69, 9.17) is 14.2 Å². The standard InChI is InChI=1S/C19H27NO6/c1-18(23)12-19(26-11-15(18)21)7-9-20(10-8-19)17(22)13-5-4-6-14(24-2)16(13)25-3/h4-6,15,21,23H,7-12H2,1-3H3/t15-,18-/m0/s1. The van der Waals surface area contributed by atoms with Crippen LogP contribution >= 0.6 is 0 Å². The summed E-state index contributed by atoms with van der Waals surface area (Å²) in [6.07, 6.45) is 0.724. The van der Waals surface area contributed by atoms with Crippen molar-refractivity contribution >= 4 is 5.91 Å². The van der Waals surface area contributed by atoms with Crippen molar-refractivity contribution in [2.45, 2.75) is 43.5 Å². The van der Waals surface area contributed by atoms with E-state index in [1.165, 1.54) is 14.2 Å². The monoisotopic (exact) mass is 365 g/mol. The molecule has 1 spiro atoms. The lowest BCUT2D eigenvalue weighted by molar-refractivity contribution is -0.221. The lowest BCUT2D eigenvalue weighted by Gasteiger charge is -2.49. The number of ether oxygens (including phenoxy) is 3. The highest BCUT2D eigenvalue weighted by Gasteiger charge is 2.49. The number of nitrogens with zero attached hydrogens (tertiary/aromatic N) is 1. The maximum Gasteiger partial charge on any atom is 0.257 e. The Hall–Kier alpha value is -1.83. The van der Waals surface area contributed by atoms with Gasteiger partial charge < -0.3 is 29.3 Å². The van der Waals surface area contributed by atoms with Crippen LogP contribution in [0.3, 0.4) is 0 Å². The van der Waals surface area contributed by atoms with Gasteiger partial charge in [-0.3, -0.25) is 4.79 Å². The molecule has 2 aliphatic rings. The van der Waals surface area contributed by atoms with Gasteiger partial charge in [-0.25, -0.2) is 0 Å². The summed E-state index contributed by atoms with van der Waals surface area (Å²) >= 11 is 0. The van der Waals surface area contributed by atoms with Gasteiger partial charge in [-0.15, -0.1) is 0 Å². The molecule has 2 saturated heterocycles. The minimum Gasteiger partial charge on any atom is -0.493 e. The molecule has 1 aromatic rings. The van der Waals surface area contributed by atoms with Gasteiger partial charge in [-0.2, -0.15) is 0 Å². The summed E-state index contributed by atoms with van der Waals surface area (Å²) in [6, 6.07) is 5.25. The number of amides is 1. The van der Waals surface area contributed by atoms with Crippen molar-refractivity contribution in [3.8, 4) is 11.5 Å². The molecule has 0 bridgehead atoms. The SMILES string of the molecule is COc1cccc(C(=O)N2CCC3(CC2)C[C@](C)(O)[C@@H](O)CO3)c1OC. The van der Waals surface area contributed by atoms with Crippen LogP contribution in [0, 0.1) is 0 Å². The van der Waals surface area contributed by atoms with Gasteiger partial charge in [-0.1, -0.05) is 6.07 Å². The number of methoxy groups -OCH3 is 2. The molecule has 1 amide bonds. The summed E-state index contributed by atoms with van der Waals surface area (Å²) in [7, 11) is 3.06. The Kier molecular flexibility index (Phi) is 5.14. The molecule has 2 fully saturated rings. The van der Waals surface area contributed by atoms with Crippen LogP contribution in [0.15, 0.2) is 18.2 Å². The zero-order valence-corrected chi connectivity index (χ0v) is 15.5. The highest BCUT2D eigenvalue weighted by molar-refractivity contribution is 5.97. The Morgan fingerprint density at radius 2 is 1.96 bits per heavy atom. The minimum absolute atomic E-state index is 0.113. The summed E-state index contributed by atoms with van der Waals surface area (Å²) in [5.41, 5.74) is -1.19. The molecule has 3 rings (SSSR count). The highest BCUT2D eigenvalue weighted by atomic mass is 16.5.